The van der Waals surface area contributed by atoms with Crippen molar-refractivity contribution < 1.29 is 0 Å². The zero-order chi connectivity index (χ0) is 17.9. The average Bonchev–Trinajstić information content (AvgIpc) is 2.60. The van der Waals surface area contributed by atoms with Crippen molar-refractivity contribution in [2.75, 3.05) is 0 Å². The van der Waals surface area contributed by atoms with Gasteiger partial charge in [-0.25, -0.2) is 0 Å². The smallest absolute Gasteiger partial charge is 0.0322 e. The quantitative estimate of drug-likeness (QED) is 0.662. The highest BCUT2D eigenvalue weighted by atomic mass is 14.1. The van der Waals surface area contributed by atoms with Crippen molar-refractivity contribution in [3.8, 4) is 96.2 Å². The Morgan fingerprint density at radius 1 is 0.667 bits per heavy atom. The summed E-state index contributed by atoms with van der Waals surface area (Å²) in [5.41, 5.74) is 0. The van der Waals surface area contributed by atoms with Gasteiger partial charge in [0.25, 0.3) is 0 Å². The van der Waals surface area contributed by atoms with Gasteiger partial charge in [0.05, 0.1) is 0 Å². The molecule has 0 aromatic rings. The minimum atomic E-state index is 0.129. The van der Waals surface area contributed by atoms with Crippen LogP contribution in [0, 0.1) is 108 Å². The van der Waals surface area contributed by atoms with Gasteiger partial charge in [-0.05, 0) is 78.5 Å². The summed E-state index contributed by atoms with van der Waals surface area (Å²) >= 11 is 0. The van der Waals surface area contributed by atoms with E-state index in [1.807, 2.05) is 0 Å². The van der Waals surface area contributed by atoms with E-state index < -0.39 is 0 Å². The Kier molecular flexibility index (Phi) is 13.5. The molecule has 0 rings (SSSR count). The maximum absolute atomic E-state index is 5.14. The van der Waals surface area contributed by atoms with E-state index in [0.717, 1.165) is 25.7 Å². The summed E-state index contributed by atoms with van der Waals surface area (Å²) < 4.78 is 0. The fourth-order valence-electron chi connectivity index (χ4n) is 1.85. The Labute approximate surface area is 147 Å². The summed E-state index contributed by atoms with van der Waals surface area (Å²) in [4.78, 5) is 0. The van der Waals surface area contributed by atoms with Crippen molar-refractivity contribution in [2.24, 2.45) is 11.8 Å². The minimum absolute atomic E-state index is 0.129. The van der Waals surface area contributed by atoms with Crippen molar-refractivity contribution in [1.82, 2.24) is 0 Å². The number of hydrogen-bond acceptors (Lipinski definition) is 0. The van der Waals surface area contributed by atoms with Crippen LogP contribution in [-0.4, -0.2) is 0 Å². The minimum Gasteiger partial charge on any atom is -0.106 e. The lowest BCUT2D eigenvalue weighted by molar-refractivity contribution is 0.502. The van der Waals surface area contributed by atoms with E-state index >= 15 is 0 Å². The molecule has 0 nitrogen and oxygen atoms in total. The van der Waals surface area contributed by atoms with Crippen LogP contribution < -0.4 is 0 Å². The Balaban J connectivity index is 4.64. The summed E-state index contributed by atoms with van der Waals surface area (Å²) in [6.07, 6.45) is 19.8. The third-order valence-corrected chi connectivity index (χ3v) is 3.05. The van der Waals surface area contributed by atoms with E-state index in [9.17, 15) is 0 Å². The molecule has 24 heavy (non-hydrogen) atoms. The van der Waals surface area contributed by atoms with Gasteiger partial charge in [0, 0.05) is 18.3 Å². The molecule has 0 aliphatic heterocycles. The van der Waals surface area contributed by atoms with Gasteiger partial charge in [0.1, 0.15) is 0 Å². The van der Waals surface area contributed by atoms with Crippen molar-refractivity contribution in [3.63, 3.8) is 0 Å². The van der Waals surface area contributed by atoms with E-state index in [2.05, 4.69) is 83.9 Å². The van der Waals surface area contributed by atoms with Crippen LogP contribution in [0.4, 0.5) is 0 Å². The highest BCUT2D eigenvalue weighted by Gasteiger charge is 2.07. The van der Waals surface area contributed by atoms with Gasteiger partial charge in [-0.2, -0.15) is 0 Å². The lowest BCUT2D eigenvalue weighted by atomic mass is 9.94. The molecule has 0 aromatic heterocycles. The van der Waals surface area contributed by atoms with Crippen LogP contribution in [0.25, 0.3) is 0 Å². The fourth-order valence-corrected chi connectivity index (χ4v) is 1.85. The van der Waals surface area contributed by atoms with Crippen molar-refractivity contribution in [3.05, 3.63) is 0 Å². The molecule has 0 bridgehead atoms. The normalized spacial score (nSPS) is 9.42. The Morgan fingerprint density at radius 2 is 1.21 bits per heavy atom. The van der Waals surface area contributed by atoms with Crippen molar-refractivity contribution in [1.29, 1.82) is 0 Å². The molecule has 114 valence electrons. The van der Waals surface area contributed by atoms with Gasteiger partial charge >= 0.3 is 0 Å². The highest BCUT2D eigenvalue weighted by Crippen LogP contribution is 2.17. The van der Waals surface area contributed by atoms with E-state index in [1.165, 1.54) is 0 Å². The van der Waals surface area contributed by atoms with E-state index in [-0.39, 0.29) is 5.92 Å². The van der Waals surface area contributed by atoms with Crippen LogP contribution in [-0.2, 0) is 0 Å². The largest absolute Gasteiger partial charge is 0.106 e. The van der Waals surface area contributed by atoms with Gasteiger partial charge in [-0.15, -0.1) is 19.3 Å². The van der Waals surface area contributed by atoms with E-state index in [0.29, 0.717) is 12.3 Å². The molecule has 2 atom stereocenters. The lowest BCUT2D eigenvalue weighted by Crippen LogP contribution is -2.00. The Morgan fingerprint density at radius 3 is 1.75 bits per heavy atom. The molecule has 0 heteroatoms. The summed E-state index contributed by atoms with van der Waals surface area (Å²) in [5.74, 6) is 34.8. The number of terminal acetylenes is 3. The maximum Gasteiger partial charge on any atom is 0.0322 e. The van der Waals surface area contributed by atoms with Gasteiger partial charge < -0.3 is 0 Å². The fraction of sp³-hybridized carbons (Fsp3) is 0.333. The molecular weight excluding hydrogens is 288 g/mol. The average molecular weight is 306 g/mol. The molecule has 0 saturated heterocycles. The van der Waals surface area contributed by atoms with Gasteiger partial charge in [-0.1, -0.05) is 31.1 Å². The van der Waals surface area contributed by atoms with Gasteiger partial charge in [0.15, 0.2) is 0 Å². The molecule has 0 fully saturated rings. The first-order chi connectivity index (χ1) is 11.8. The van der Waals surface area contributed by atoms with Crippen molar-refractivity contribution >= 4 is 0 Å². The van der Waals surface area contributed by atoms with E-state index in [1.54, 1.807) is 0 Å². The zero-order valence-corrected chi connectivity index (χ0v) is 13.9. The van der Waals surface area contributed by atoms with Crippen molar-refractivity contribution in [2.45, 2.75) is 39.0 Å². The highest BCUT2D eigenvalue weighted by molar-refractivity contribution is 5.35. The second kappa shape index (κ2) is 15.9. The first-order valence-corrected chi connectivity index (χ1v) is 7.64. The molecule has 0 amide bonds. The van der Waals surface area contributed by atoms with Gasteiger partial charge in [-0.3, -0.25) is 0 Å². The summed E-state index contributed by atoms with van der Waals surface area (Å²) in [6.45, 7) is 2.11. The number of hydrogen-bond donors (Lipinski definition) is 0. The zero-order valence-electron chi connectivity index (χ0n) is 13.9. The van der Waals surface area contributed by atoms with Crippen LogP contribution in [0.3, 0.4) is 0 Å². The molecule has 0 radical (unpaired) electrons. The van der Waals surface area contributed by atoms with Crippen LogP contribution in [0.5, 0.6) is 0 Å². The molecule has 0 saturated carbocycles. The summed E-state index contributed by atoms with van der Waals surface area (Å²) in [7, 11) is 0. The summed E-state index contributed by atoms with van der Waals surface area (Å²) in [6, 6.07) is 0. The predicted octanol–water partition coefficient (Wildman–Crippen LogP) is 3.11. The third kappa shape index (κ3) is 12.2. The number of rotatable bonds is 6. The topological polar surface area (TPSA) is 0 Å². The standard InChI is InChI=1S/C24H18/c1-5-9-12-15-18-23(8-4)21-17-22-24(19-14-11-7-3)20-16-13-10-6-2/h1-3,23-24H,8,17,19,21-22H2,4H3. The van der Waals surface area contributed by atoms with Crippen LogP contribution in [0.15, 0.2) is 0 Å². The molecule has 0 aromatic carbocycles. The maximum atomic E-state index is 5.14. The SMILES string of the molecule is C#CC#CC#CC(CC)CCCC(C#CC#CC#C)CC#CC#C. The third-order valence-electron chi connectivity index (χ3n) is 3.05. The van der Waals surface area contributed by atoms with Crippen LogP contribution >= 0.6 is 0 Å². The predicted molar refractivity (Wildman–Crippen MR) is 101 cm³/mol. The van der Waals surface area contributed by atoms with Crippen LogP contribution in [0.1, 0.15) is 39.0 Å². The molecule has 0 heterocycles. The first kappa shape index (κ1) is 20.5. The molecule has 0 aliphatic carbocycles. The Hall–Kier alpha value is -3.52. The van der Waals surface area contributed by atoms with Gasteiger partial charge in [0.2, 0.25) is 0 Å². The van der Waals surface area contributed by atoms with Crippen LogP contribution in [0.2, 0.25) is 0 Å². The second-order valence-corrected chi connectivity index (χ2v) is 4.71. The molecule has 0 N–H and O–H groups in total. The summed E-state index contributed by atoms with van der Waals surface area (Å²) in [5, 5.41) is 0. The molecular formula is C24H18. The molecule has 2 unspecified atom stereocenters. The molecule has 0 aliphatic rings. The first-order valence-electron chi connectivity index (χ1n) is 7.64. The Bertz CT molecular complexity index is 819. The monoisotopic (exact) mass is 306 g/mol. The lowest BCUT2D eigenvalue weighted by Gasteiger charge is -2.10. The second-order valence-electron chi connectivity index (χ2n) is 4.71. The van der Waals surface area contributed by atoms with E-state index in [4.69, 9.17) is 19.3 Å². The molecule has 0 spiro atoms.